The van der Waals surface area contributed by atoms with Crippen molar-refractivity contribution in [3.05, 3.63) is 52.4 Å². The van der Waals surface area contributed by atoms with Crippen LogP contribution in [0.15, 0.2) is 17.7 Å². The molecule has 0 saturated carbocycles. The number of halogens is 10. The van der Waals surface area contributed by atoms with Crippen LogP contribution in [-0.2, 0) is 0 Å². The van der Waals surface area contributed by atoms with Crippen molar-refractivity contribution in [2.45, 2.75) is 9.41 Å². The first kappa shape index (κ1) is 17.5. The number of hydrogen-bond donors (Lipinski definition) is 0. The zero-order valence-electron chi connectivity index (χ0n) is 9.93. The van der Waals surface area contributed by atoms with Gasteiger partial charge in [0, 0.05) is 5.57 Å². The smallest absolute Gasteiger partial charge is 0.200 e. The molecule has 1 aromatic rings. The van der Waals surface area contributed by atoms with Crippen molar-refractivity contribution in [2.24, 2.45) is 0 Å². The summed E-state index contributed by atoms with van der Waals surface area (Å²) in [5.74, 6) is -15.3. The predicted octanol–water partition coefficient (Wildman–Crippen LogP) is 5.75. The molecule has 0 amide bonds. The van der Waals surface area contributed by atoms with Crippen molar-refractivity contribution in [3.63, 3.8) is 0 Å². The highest BCUT2D eigenvalue weighted by atomic mass is 79.9. The lowest BCUT2D eigenvalue weighted by molar-refractivity contribution is 0.305. The number of hydrogen-bond acceptors (Lipinski definition) is 0. The minimum atomic E-state index is -2.80. The third-order valence-electron chi connectivity index (χ3n) is 2.87. The molecule has 0 radical (unpaired) electrons. The quantitative estimate of drug-likeness (QED) is 0.218. The number of rotatable bonds is 1. The SMILES string of the molecule is FC1=CC(c2c(F)c(F)c(F)c(F)c2F)=C(F)C(F)C1(Br)Br. The van der Waals surface area contributed by atoms with Gasteiger partial charge in [-0.05, 0) is 6.08 Å². The third-order valence-corrected chi connectivity index (χ3v) is 4.43. The maximum Gasteiger partial charge on any atom is 0.200 e. The second kappa shape index (κ2) is 5.63. The summed E-state index contributed by atoms with van der Waals surface area (Å²) in [5, 5.41) is 0. The summed E-state index contributed by atoms with van der Waals surface area (Å²) in [7, 11) is 0. The molecule has 2 rings (SSSR count). The van der Waals surface area contributed by atoms with E-state index in [2.05, 4.69) is 31.9 Å². The van der Waals surface area contributed by atoms with Gasteiger partial charge < -0.3 is 0 Å². The maximum absolute atomic E-state index is 13.9. The van der Waals surface area contributed by atoms with Crippen LogP contribution in [0, 0.1) is 29.1 Å². The summed E-state index contributed by atoms with van der Waals surface area (Å²) < 4.78 is 105. The Morgan fingerprint density at radius 3 is 1.64 bits per heavy atom. The van der Waals surface area contributed by atoms with Gasteiger partial charge in [-0.15, -0.1) is 0 Å². The monoisotopic (exact) mass is 456 g/mol. The minimum absolute atomic E-state index is 0.132. The molecule has 0 aromatic heterocycles. The van der Waals surface area contributed by atoms with Crippen LogP contribution in [0.2, 0.25) is 0 Å². The van der Waals surface area contributed by atoms with Crippen LogP contribution in [0.4, 0.5) is 35.1 Å². The van der Waals surface area contributed by atoms with Crippen molar-refractivity contribution < 1.29 is 35.1 Å². The summed E-state index contributed by atoms with van der Waals surface area (Å²) in [5.41, 5.74) is -3.16. The van der Waals surface area contributed by atoms with Gasteiger partial charge >= 0.3 is 0 Å². The molecule has 0 N–H and O–H groups in total. The predicted molar refractivity (Wildman–Crippen MR) is 68.9 cm³/mol. The maximum atomic E-state index is 13.9. The largest absolute Gasteiger partial charge is 0.237 e. The highest BCUT2D eigenvalue weighted by Gasteiger charge is 2.47. The van der Waals surface area contributed by atoms with Gasteiger partial charge in [-0.2, -0.15) is 0 Å². The summed E-state index contributed by atoms with van der Waals surface area (Å²) in [4.78, 5) is 0. The van der Waals surface area contributed by atoms with Crippen molar-refractivity contribution >= 4 is 37.4 Å². The van der Waals surface area contributed by atoms with Gasteiger partial charge in [0.25, 0.3) is 0 Å². The van der Waals surface area contributed by atoms with Gasteiger partial charge in [0.05, 0.1) is 5.56 Å². The molecule has 10 heteroatoms. The molecule has 1 aromatic carbocycles. The van der Waals surface area contributed by atoms with E-state index < -0.39 is 61.3 Å². The van der Waals surface area contributed by atoms with E-state index in [-0.39, 0.29) is 6.08 Å². The normalized spacial score (nSPS) is 21.2. The Labute approximate surface area is 134 Å². The molecule has 0 fully saturated rings. The highest BCUT2D eigenvalue weighted by molar-refractivity contribution is 9.25. The third kappa shape index (κ3) is 2.40. The first-order valence-corrected chi connectivity index (χ1v) is 6.91. The molecule has 1 unspecified atom stereocenters. The molecule has 22 heavy (non-hydrogen) atoms. The molecule has 120 valence electrons. The van der Waals surface area contributed by atoms with Crippen molar-refractivity contribution in [3.8, 4) is 0 Å². The second-order valence-electron chi connectivity index (χ2n) is 4.18. The van der Waals surface area contributed by atoms with E-state index in [4.69, 9.17) is 0 Å². The molecule has 1 aliphatic carbocycles. The summed E-state index contributed by atoms with van der Waals surface area (Å²) in [6.45, 7) is 0. The van der Waals surface area contributed by atoms with Gasteiger partial charge in [-0.1, -0.05) is 31.9 Å². The van der Waals surface area contributed by atoms with Gasteiger partial charge in [-0.25, -0.2) is 35.1 Å². The fraction of sp³-hybridized carbons (Fsp3) is 0.167. The van der Waals surface area contributed by atoms with Crippen molar-refractivity contribution in [1.29, 1.82) is 0 Å². The lowest BCUT2D eigenvalue weighted by Crippen LogP contribution is -2.31. The van der Waals surface area contributed by atoms with Gasteiger partial charge in [0.2, 0.25) is 5.82 Å². The van der Waals surface area contributed by atoms with E-state index in [9.17, 15) is 35.1 Å². The number of benzene rings is 1. The van der Waals surface area contributed by atoms with E-state index >= 15 is 0 Å². The molecule has 1 aliphatic rings. The lowest BCUT2D eigenvalue weighted by atomic mass is 9.95. The Morgan fingerprint density at radius 2 is 1.18 bits per heavy atom. The van der Waals surface area contributed by atoms with Gasteiger partial charge in [0.1, 0.15) is 11.7 Å². The van der Waals surface area contributed by atoms with Crippen LogP contribution in [0.1, 0.15) is 5.56 Å². The van der Waals surface area contributed by atoms with Crippen LogP contribution in [-0.4, -0.2) is 9.41 Å². The Hall–Kier alpha value is -0.900. The van der Waals surface area contributed by atoms with Crippen LogP contribution in [0.25, 0.3) is 5.57 Å². The topological polar surface area (TPSA) is 0 Å². The Bertz CT molecular complexity index is 693. The van der Waals surface area contributed by atoms with Crippen LogP contribution in [0.5, 0.6) is 0 Å². The van der Waals surface area contributed by atoms with E-state index in [0.29, 0.717) is 0 Å². The highest BCUT2D eigenvalue weighted by Crippen LogP contribution is 2.50. The summed E-state index contributed by atoms with van der Waals surface area (Å²) >= 11 is 4.94. The van der Waals surface area contributed by atoms with Crippen molar-refractivity contribution in [1.82, 2.24) is 0 Å². The van der Waals surface area contributed by atoms with Crippen LogP contribution >= 0.6 is 31.9 Å². The second-order valence-corrected chi connectivity index (χ2v) is 7.75. The number of allylic oxidation sites excluding steroid dienone is 4. The molecule has 0 spiro atoms. The molecule has 0 bridgehead atoms. The fourth-order valence-corrected chi connectivity index (χ4v) is 2.37. The molecular formula is C12H2Br2F8. The Morgan fingerprint density at radius 1 is 0.773 bits per heavy atom. The average molecular weight is 458 g/mol. The van der Waals surface area contributed by atoms with Crippen LogP contribution < -0.4 is 0 Å². The van der Waals surface area contributed by atoms with E-state index in [0.717, 1.165) is 0 Å². The zero-order valence-corrected chi connectivity index (χ0v) is 13.1. The Balaban J connectivity index is 2.81. The van der Waals surface area contributed by atoms with E-state index in [1.807, 2.05) is 0 Å². The lowest BCUT2D eigenvalue weighted by Gasteiger charge is -2.27. The molecule has 0 aliphatic heterocycles. The first-order valence-electron chi connectivity index (χ1n) is 5.32. The zero-order chi connectivity index (χ0) is 17.0. The van der Waals surface area contributed by atoms with E-state index in [1.165, 1.54) is 0 Å². The summed E-state index contributed by atoms with van der Waals surface area (Å²) in [6, 6.07) is 0. The molecule has 0 nitrogen and oxygen atoms in total. The average Bonchev–Trinajstić information content (AvgIpc) is 2.47. The minimum Gasteiger partial charge on any atom is -0.237 e. The standard InChI is InChI=1S/C12H2Br2F8/c13-12(14)3(15)1-2(5(16)11(12)22)4-6(17)8(19)10(21)9(20)7(4)18/h1,11H. The first-order chi connectivity index (χ1) is 10.0. The van der Waals surface area contributed by atoms with Gasteiger partial charge in [-0.3, -0.25) is 0 Å². The molecule has 1 atom stereocenters. The van der Waals surface area contributed by atoms with Crippen molar-refractivity contribution in [2.75, 3.05) is 0 Å². The summed E-state index contributed by atoms with van der Waals surface area (Å²) in [6.07, 6.45) is -2.67. The molecule has 0 saturated heterocycles. The van der Waals surface area contributed by atoms with Crippen LogP contribution in [0.3, 0.4) is 0 Å². The van der Waals surface area contributed by atoms with Gasteiger partial charge in [0.15, 0.2) is 32.7 Å². The molecular weight excluding hydrogens is 456 g/mol. The van der Waals surface area contributed by atoms with E-state index in [1.54, 1.807) is 0 Å². The molecule has 0 heterocycles. The Kier molecular flexibility index (Phi) is 4.46. The fourth-order valence-electron chi connectivity index (χ4n) is 1.74. The number of alkyl halides is 3.